The first-order valence-corrected chi connectivity index (χ1v) is 3.42. The van der Waals surface area contributed by atoms with Crippen LogP contribution in [0.3, 0.4) is 0 Å². The van der Waals surface area contributed by atoms with Crippen molar-refractivity contribution in [2.45, 2.75) is 12.5 Å². The number of carbonyl (C=O) groups excluding carboxylic acids is 1. The van der Waals surface area contributed by atoms with E-state index in [-0.39, 0.29) is 0 Å². The summed E-state index contributed by atoms with van der Waals surface area (Å²) in [4.78, 5) is 10.3. The molecule has 0 saturated heterocycles. The molecule has 0 fully saturated rings. The van der Waals surface area contributed by atoms with Gasteiger partial charge in [0, 0.05) is 6.54 Å². The van der Waals surface area contributed by atoms with Gasteiger partial charge in [-0.15, -0.1) is 0 Å². The Balaban J connectivity index is 2.40. The summed E-state index contributed by atoms with van der Waals surface area (Å²) in [5.74, 6) is -2.22. The van der Waals surface area contributed by atoms with Gasteiger partial charge in [-0.3, -0.25) is 5.32 Å². The third-order valence-corrected chi connectivity index (χ3v) is 1.24. The van der Waals surface area contributed by atoms with Gasteiger partial charge in [0.25, 0.3) is 0 Å². The predicted molar refractivity (Wildman–Crippen MR) is 36.2 cm³/mol. The highest BCUT2D eigenvalue weighted by Crippen LogP contribution is 2.16. The van der Waals surface area contributed by atoms with Crippen LogP contribution in [0.4, 0.5) is 13.2 Å². The van der Waals surface area contributed by atoms with E-state index in [4.69, 9.17) is 0 Å². The van der Waals surface area contributed by atoms with Gasteiger partial charge in [0.15, 0.2) is 0 Å². The van der Waals surface area contributed by atoms with Crippen LogP contribution in [0, 0.1) is 0 Å². The maximum atomic E-state index is 11.7. The van der Waals surface area contributed by atoms with Crippen molar-refractivity contribution in [2.75, 3.05) is 6.54 Å². The zero-order valence-electron chi connectivity index (χ0n) is 6.39. The van der Waals surface area contributed by atoms with E-state index in [1.165, 1.54) is 6.20 Å². The SMILES string of the molecule is O=C(OC1NC=CCN1)C(F)(F)F. The number of hydrogen-bond acceptors (Lipinski definition) is 4. The molecule has 0 radical (unpaired) electrons. The fraction of sp³-hybridized carbons (Fsp3) is 0.500. The van der Waals surface area contributed by atoms with Crippen LogP contribution in [-0.2, 0) is 9.53 Å². The fourth-order valence-electron chi connectivity index (χ4n) is 0.698. The molecule has 0 aromatic rings. The number of hydrogen-bond donors (Lipinski definition) is 2. The molecule has 1 aliphatic rings. The van der Waals surface area contributed by atoms with Crippen molar-refractivity contribution in [3.05, 3.63) is 12.3 Å². The van der Waals surface area contributed by atoms with Gasteiger partial charge in [-0.05, 0) is 6.20 Å². The van der Waals surface area contributed by atoms with Gasteiger partial charge in [-0.2, -0.15) is 13.2 Å². The number of halogens is 3. The highest BCUT2D eigenvalue weighted by molar-refractivity contribution is 5.75. The van der Waals surface area contributed by atoms with Crippen LogP contribution in [0.1, 0.15) is 0 Å². The Labute approximate surface area is 71.7 Å². The van der Waals surface area contributed by atoms with Crippen LogP contribution in [0.5, 0.6) is 0 Å². The quantitative estimate of drug-likeness (QED) is 0.583. The van der Waals surface area contributed by atoms with Gasteiger partial charge in [-0.1, -0.05) is 6.08 Å². The van der Waals surface area contributed by atoms with Gasteiger partial charge in [-0.25, -0.2) is 4.79 Å². The zero-order valence-corrected chi connectivity index (χ0v) is 6.39. The Kier molecular flexibility index (Phi) is 2.76. The molecule has 0 aromatic heterocycles. The molecule has 0 spiro atoms. The van der Waals surface area contributed by atoms with E-state index in [0.717, 1.165) is 0 Å². The van der Waals surface area contributed by atoms with Crippen molar-refractivity contribution in [3.63, 3.8) is 0 Å². The van der Waals surface area contributed by atoms with Gasteiger partial charge < -0.3 is 10.1 Å². The van der Waals surface area contributed by atoms with Crippen LogP contribution in [0.25, 0.3) is 0 Å². The lowest BCUT2D eigenvalue weighted by Gasteiger charge is -2.21. The second kappa shape index (κ2) is 3.65. The summed E-state index contributed by atoms with van der Waals surface area (Å²) in [5.41, 5.74) is 0. The lowest BCUT2D eigenvalue weighted by molar-refractivity contribution is -0.207. The molecule has 1 unspecified atom stereocenters. The molecule has 1 rings (SSSR count). The number of nitrogens with one attached hydrogen (secondary N) is 2. The van der Waals surface area contributed by atoms with E-state index < -0.39 is 18.5 Å². The zero-order chi connectivity index (χ0) is 9.90. The minimum atomic E-state index is -4.95. The Hall–Kier alpha value is -1.24. The summed E-state index contributed by atoms with van der Waals surface area (Å²) in [6.45, 7) is 0.350. The van der Waals surface area contributed by atoms with Gasteiger partial charge in [0.05, 0.1) is 0 Å². The molecule has 0 saturated carbocycles. The van der Waals surface area contributed by atoms with E-state index in [0.29, 0.717) is 6.54 Å². The monoisotopic (exact) mass is 196 g/mol. The van der Waals surface area contributed by atoms with Gasteiger partial charge in [0.1, 0.15) is 0 Å². The van der Waals surface area contributed by atoms with Crippen LogP contribution >= 0.6 is 0 Å². The van der Waals surface area contributed by atoms with Crippen molar-refractivity contribution >= 4 is 5.97 Å². The highest BCUT2D eigenvalue weighted by Gasteiger charge is 2.42. The highest BCUT2D eigenvalue weighted by atomic mass is 19.4. The van der Waals surface area contributed by atoms with E-state index >= 15 is 0 Å². The molecule has 74 valence electrons. The summed E-state index contributed by atoms with van der Waals surface area (Å²) in [7, 11) is 0. The van der Waals surface area contributed by atoms with E-state index in [1.54, 1.807) is 6.08 Å². The lowest BCUT2D eigenvalue weighted by atomic mass is 10.5. The third-order valence-electron chi connectivity index (χ3n) is 1.24. The molecule has 1 atom stereocenters. The average Bonchev–Trinajstić information content (AvgIpc) is 2.04. The molecule has 0 bridgehead atoms. The predicted octanol–water partition coefficient (Wildman–Crippen LogP) is 0.0820. The molecular formula is C6H7F3N2O2. The summed E-state index contributed by atoms with van der Waals surface area (Å²) in [6.07, 6.45) is -3.02. The summed E-state index contributed by atoms with van der Waals surface area (Å²) in [5, 5.41) is 4.87. The Morgan fingerprint density at radius 2 is 2.23 bits per heavy atom. The van der Waals surface area contributed by atoms with Crippen molar-refractivity contribution in [1.82, 2.24) is 10.6 Å². The van der Waals surface area contributed by atoms with Crippen molar-refractivity contribution in [1.29, 1.82) is 0 Å². The Bertz CT molecular complexity index is 226. The molecule has 7 heteroatoms. The van der Waals surface area contributed by atoms with Crippen molar-refractivity contribution < 1.29 is 22.7 Å². The van der Waals surface area contributed by atoms with Gasteiger partial charge in [0.2, 0.25) is 6.35 Å². The van der Waals surface area contributed by atoms with E-state index in [1.807, 2.05) is 0 Å². The third kappa shape index (κ3) is 2.94. The number of esters is 1. The summed E-state index contributed by atoms with van der Waals surface area (Å²) < 4.78 is 39.0. The first-order chi connectivity index (χ1) is 6.00. The second-order valence-electron chi connectivity index (χ2n) is 2.26. The standard InChI is InChI=1S/C6H7F3N2O2/c7-6(8,9)4(12)13-5-10-2-1-3-11-5/h1-2,5,10-11H,3H2. The maximum absolute atomic E-state index is 11.7. The van der Waals surface area contributed by atoms with Crippen LogP contribution < -0.4 is 10.6 Å². The minimum Gasteiger partial charge on any atom is -0.421 e. The summed E-state index contributed by atoms with van der Waals surface area (Å²) >= 11 is 0. The number of ether oxygens (including phenoxy) is 1. The fourth-order valence-corrected chi connectivity index (χ4v) is 0.698. The first-order valence-electron chi connectivity index (χ1n) is 3.42. The average molecular weight is 196 g/mol. The molecule has 1 heterocycles. The Morgan fingerprint density at radius 3 is 2.69 bits per heavy atom. The molecule has 13 heavy (non-hydrogen) atoms. The van der Waals surface area contributed by atoms with Crippen molar-refractivity contribution in [2.24, 2.45) is 0 Å². The second-order valence-corrected chi connectivity index (χ2v) is 2.26. The molecular weight excluding hydrogens is 189 g/mol. The molecule has 1 aliphatic heterocycles. The van der Waals surface area contributed by atoms with Crippen molar-refractivity contribution in [3.8, 4) is 0 Å². The normalized spacial score (nSPS) is 22.2. The maximum Gasteiger partial charge on any atom is 0.491 e. The van der Waals surface area contributed by atoms with Crippen LogP contribution in [0.15, 0.2) is 12.3 Å². The Morgan fingerprint density at radius 1 is 1.54 bits per heavy atom. The number of carbonyl (C=O) groups is 1. The molecule has 0 aliphatic carbocycles. The summed E-state index contributed by atoms with van der Waals surface area (Å²) in [6, 6.07) is 0. The largest absolute Gasteiger partial charge is 0.491 e. The van der Waals surface area contributed by atoms with Gasteiger partial charge >= 0.3 is 12.1 Å². The van der Waals surface area contributed by atoms with Crippen LogP contribution in [0.2, 0.25) is 0 Å². The molecule has 0 amide bonds. The molecule has 4 nitrogen and oxygen atoms in total. The minimum absolute atomic E-state index is 0.350. The first kappa shape index (κ1) is 9.85. The number of alkyl halides is 3. The topological polar surface area (TPSA) is 50.4 Å². The smallest absolute Gasteiger partial charge is 0.421 e. The van der Waals surface area contributed by atoms with Crippen LogP contribution in [-0.4, -0.2) is 25.0 Å². The number of rotatable bonds is 1. The van der Waals surface area contributed by atoms with E-state index in [9.17, 15) is 18.0 Å². The van der Waals surface area contributed by atoms with E-state index in [2.05, 4.69) is 15.4 Å². The lowest BCUT2D eigenvalue weighted by Crippen LogP contribution is -2.47. The molecule has 0 aromatic carbocycles. The molecule has 2 N–H and O–H groups in total.